The zero-order valence-corrected chi connectivity index (χ0v) is 51.1. The molecule has 28 heteroatoms. The second-order valence-corrected chi connectivity index (χ2v) is 4.10. The van der Waals surface area contributed by atoms with Crippen molar-refractivity contribution in [1.29, 1.82) is 0 Å². The molecule has 0 saturated carbocycles. The van der Waals surface area contributed by atoms with Gasteiger partial charge in [-0.15, -0.1) is 0 Å². The molecule has 0 unspecified atom stereocenters. The van der Waals surface area contributed by atoms with E-state index in [9.17, 15) is 0 Å². The molecule has 0 aromatic carbocycles. The van der Waals surface area contributed by atoms with E-state index in [0.29, 0.717) is 0 Å². The Morgan fingerprint density at radius 1 is 0.268 bits per heavy atom. The van der Waals surface area contributed by atoms with Gasteiger partial charge >= 0.3 is 0 Å². The van der Waals surface area contributed by atoms with Gasteiger partial charge in [-0.05, 0) is 0 Å². The molecule has 0 rings (SSSR count). The van der Waals surface area contributed by atoms with Crippen molar-refractivity contribution >= 4 is 49.4 Å². The minimum absolute atomic E-state index is 0. The van der Waals surface area contributed by atoms with Crippen LogP contribution in [0, 0.1) is 77.5 Å². The Hall–Kier alpha value is 9.91. The van der Waals surface area contributed by atoms with Gasteiger partial charge in [0.1, 0.15) is 13.8 Å². The van der Waals surface area contributed by atoms with Crippen LogP contribution in [-0.4, -0.2) is 110 Å². The van der Waals surface area contributed by atoms with Crippen molar-refractivity contribution in [2.45, 2.75) is 13.6 Å². The van der Waals surface area contributed by atoms with Crippen LogP contribution in [0.1, 0.15) is 0 Å². The van der Waals surface area contributed by atoms with Gasteiger partial charge in [-0.1, -0.05) is 13.6 Å². The van der Waals surface area contributed by atoms with Crippen molar-refractivity contribution in [2.75, 3.05) is 0 Å². The summed E-state index contributed by atoms with van der Waals surface area (Å²) in [4.78, 5) is 0. The third kappa shape index (κ3) is 1170. The Labute approximate surface area is 483 Å². The number of hydrogen-bond acceptors (Lipinski definition) is 12. The summed E-state index contributed by atoms with van der Waals surface area (Å²) in [6, 6.07) is 0. The molecule has 0 fully saturated rings. The van der Waals surface area contributed by atoms with Gasteiger partial charge < -0.3 is 138 Å². The van der Waals surface area contributed by atoms with Gasteiger partial charge in [0.2, 0.25) is 0 Å². The van der Waals surface area contributed by atoms with E-state index < -0.39 is 49.4 Å². The van der Waals surface area contributed by atoms with Crippen LogP contribution >= 0.6 is 0 Å². The first-order chi connectivity index (χ1) is 12.1. The zero-order chi connectivity index (χ0) is 25.0. The van der Waals surface area contributed by atoms with E-state index in [1.165, 1.54) is 0 Å². The summed E-state index contributed by atoms with van der Waals surface area (Å²) in [5.41, 5.74) is 0. The second-order valence-electron chi connectivity index (χ2n) is 4.10. The molecule has 0 spiro atoms. The van der Waals surface area contributed by atoms with Crippen LogP contribution in [0.25, 0.3) is 0 Å². The topological polar surface area (TPSA) is 243 Å². The Morgan fingerprint density at radius 2 is 0.268 bits per heavy atom. The fourth-order valence-electron chi connectivity index (χ4n) is 0. The van der Waals surface area contributed by atoms with Crippen LogP contribution in [0.4, 0.5) is 0 Å². The Kier molecular flexibility index (Phi) is 405. The molecular weight excluding hydrogens is 1220 g/mol. The van der Waals surface area contributed by atoms with Crippen LogP contribution in [0.5, 0.6) is 0 Å². The number of rotatable bonds is 0. The Balaban J connectivity index is -0.00000000662. The molecule has 41 heavy (non-hydrogen) atoms. The summed E-state index contributed by atoms with van der Waals surface area (Å²) >= 11 is 0. The molecule has 0 aliphatic carbocycles. The molecule has 227 valence electrons. The van der Waals surface area contributed by atoms with Gasteiger partial charge in [0.05, 0.1) is 0 Å². The average Bonchev–Trinajstić information content (AvgIpc) is 2.20. The standard InChI is InChI=1S/2C2H6BO.5CH4BO2.4CH3.9Y/c2*1-3(2)4;5*1-2(3)4;;;;;;;;;;;;;/h2*4H,1H2,2H3;5*3-4H,1H2;4*1H3;;;;;;;;;/q11*-1;;;;;;;;;. The first-order valence-corrected chi connectivity index (χ1v) is 7.11. The molecule has 0 heterocycles. The van der Waals surface area contributed by atoms with Gasteiger partial charge in [0.15, 0.2) is 0 Å². The van der Waals surface area contributed by atoms with E-state index in [-0.39, 0.29) is 324 Å². The second kappa shape index (κ2) is 125. The smallest absolute Gasteiger partial charge is 0.264 e. The first kappa shape index (κ1) is 133. The van der Waals surface area contributed by atoms with Crippen LogP contribution in [-0.2, 0) is 294 Å². The van der Waals surface area contributed by atoms with Gasteiger partial charge in [-0.25, -0.2) is 0 Å². The molecule has 12 nitrogen and oxygen atoms in total. The fourth-order valence-corrected chi connectivity index (χ4v) is 0. The van der Waals surface area contributed by atoms with E-state index in [1.54, 1.807) is 13.6 Å². The predicted molar refractivity (Wildman–Crippen MR) is 142 cm³/mol. The maximum atomic E-state index is 7.94. The van der Waals surface area contributed by atoms with Crippen LogP contribution in [0.2, 0.25) is 13.6 Å². The predicted octanol–water partition coefficient (Wildman–Crippen LogP) is -4.11. The van der Waals surface area contributed by atoms with E-state index in [2.05, 4.69) is 47.8 Å². The maximum Gasteiger partial charge on any atom is 0.264 e. The molecule has 0 aromatic heterocycles. The van der Waals surface area contributed by atoms with Crippen LogP contribution in [0.15, 0.2) is 0 Å². The molecule has 9 radical (unpaired) electrons. The minimum atomic E-state index is -1.42. The summed E-state index contributed by atoms with van der Waals surface area (Å²) in [5, 5.41) is 90.9. The average molecular weight is 1270 g/mol. The molecule has 12 N–H and O–H groups in total. The molecule has 0 aliphatic heterocycles. The summed E-state index contributed by atoms with van der Waals surface area (Å²) in [6.45, 7) is 22.5. The van der Waals surface area contributed by atoms with Gasteiger partial charge in [-0.2, -0.15) is 0 Å². The van der Waals surface area contributed by atoms with Crippen LogP contribution < -0.4 is 0 Å². The molecule has 0 amide bonds. The van der Waals surface area contributed by atoms with Crippen LogP contribution in [0.3, 0.4) is 0 Å². The minimum Gasteiger partial charge on any atom is -0.487 e. The quantitative estimate of drug-likeness (QED) is 0.0819. The molecule has 0 saturated heterocycles. The van der Waals surface area contributed by atoms with E-state index in [1.807, 2.05) is 0 Å². The SMILES string of the molecule is [CH2-]B(C)O.[CH2-]B(C)O.[CH2-]B(O)O.[CH2-]B(O)O.[CH2-]B(O)O.[CH2-]B(O)O.[CH2-]B(O)O.[CH3-].[CH3-].[CH3-].[CH3-].[Y].[Y].[Y].[Y].[Y].[Y].[Y].[Y].[Y]. The first-order valence-electron chi connectivity index (χ1n) is 7.11. The van der Waals surface area contributed by atoms with E-state index in [0.717, 1.165) is 0 Å². The molecule has 0 aromatic rings. The van der Waals surface area contributed by atoms with Gasteiger partial charge in [-0.3, -0.25) is 0 Å². The van der Waals surface area contributed by atoms with Crippen molar-refractivity contribution in [3.8, 4) is 0 Å². The summed E-state index contributed by atoms with van der Waals surface area (Å²) in [7, 11) is -7.08. The van der Waals surface area contributed by atoms with E-state index in [4.69, 9.17) is 60.3 Å². The Morgan fingerprint density at radius 3 is 0.268 bits per heavy atom. The summed E-state index contributed by atoms with van der Waals surface area (Å²) < 4.78 is 0. The van der Waals surface area contributed by atoms with Crippen molar-refractivity contribution < 1.29 is 355 Å². The molecule has 0 bridgehead atoms. The van der Waals surface area contributed by atoms with Crippen molar-refractivity contribution in [2.24, 2.45) is 0 Å². The molecule has 0 aliphatic rings. The fraction of sp³-hybridized carbons (Fsp3) is 0.154. The van der Waals surface area contributed by atoms with Crippen molar-refractivity contribution in [3.05, 3.63) is 77.5 Å². The maximum absolute atomic E-state index is 7.94. The normalized spacial score (nSPS) is 4.61. The van der Waals surface area contributed by atoms with E-state index >= 15 is 0 Å². The molecule has 0 atom stereocenters. The third-order valence-corrected chi connectivity index (χ3v) is 0. The summed E-state index contributed by atoms with van der Waals surface area (Å²) in [5.74, 6) is 0. The summed E-state index contributed by atoms with van der Waals surface area (Å²) in [6.07, 6.45) is 0. The Bertz CT molecular complexity index is 173. The van der Waals surface area contributed by atoms with Crippen molar-refractivity contribution in [1.82, 2.24) is 0 Å². The zero-order valence-electron chi connectivity index (χ0n) is 25.6. The number of hydrogen-bond donors (Lipinski definition) is 12. The largest absolute Gasteiger partial charge is 0.487 e. The third-order valence-electron chi connectivity index (χ3n) is 0. The van der Waals surface area contributed by atoms with Gasteiger partial charge in [0.25, 0.3) is 35.6 Å². The van der Waals surface area contributed by atoms with Crippen molar-refractivity contribution in [3.63, 3.8) is 0 Å². The molecular formula is C13H44B7O12Y9-11. The van der Waals surface area contributed by atoms with Gasteiger partial charge in [0, 0.05) is 294 Å². The monoisotopic (exact) mass is 1270 g/mol.